The van der Waals surface area contributed by atoms with Gasteiger partial charge in [0, 0.05) is 38.4 Å². The third-order valence-electron chi connectivity index (χ3n) is 5.18. The zero-order chi connectivity index (χ0) is 18.4. The lowest BCUT2D eigenvalue weighted by molar-refractivity contribution is -0.114. The van der Waals surface area contributed by atoms with E-state index in [-0.39, 0.29) is 11.5 Å². The van der Waals surface area contributed by atoms with E-state index < -0.39 is 0 Å². The van der Waals surface area contributed by atoms with Gasteiger partial charge in [0.15, 0.2) is 5.60 Å². The van der Waals surface area contributed by atoms with Gasteiger partial charge in [0.1, 0.15) is 5.71 Å². The molecule has 2 aliphatic rings. The molecule has 1 unspecified atom stereocenters. The molecule has 1 aromatic rings. The summed E-state index contributed by atoms with van der Waals surface area (Å²) in [5.41, 5.74) is 0.247. The number of hydrogen-bond donors (Lipinski definition) is 1. The van der Waals surface area contributed by atoms with Gasteiger partial charge in [0.05, 0.1) is 6.33 Å². The van der Waals surface area contributed by atoms with Gasteiger partial charge < -0.3 is 14.7 Å². The van der Waals surface area contributed by atoms with Crippen LogP contribution in [-0.2, 0) is 16.2 Å². The summed E-state index contributed by atoms with van der Waals surface area (Å²) < 4.78 is 2.01. The highest BCUT2D eigenvalue weighted by molar-refractivity contribution is 6.39. The average molecular weight is 361 g/mol. The predicted octanol–water partition coefficient (Wildman–Crippen LogP) is 2.05. The maximum atomic E-state index is 12.4. The molecule has 1 saturated heterocycles. The highest BCUT2D eigenvalue weighted by Gasteiger charge is 2.44. The summed E-state index contributed by atoms with van der Waals surface area (Å²) in [7, 11) is 0. The first-order chi connectivity index (χ1) is 12.6. The van der Waals surface area contributed by atoms with E-state index in [4.69, 9.17) is 4.84 Å². The van der Waals surface area contributed by atoms with Crippen molar-refractivity contribution in [2.24, 2.45) is 11.1 Å². The van der Waals surface area contributed by atoms with E-state index in [0.29, 0.717) is 24.6 Å². The van der Waals surface area contributed by atoms with E-state index in [1.165, 1.54) is 6.42 Å². The van der Waals surface area contributed by atoms with Crippen molar-refractivity contribution in [2.75, 3.05) is 26.2 Å². The van der Waals surface area contributed by atoms with Crippen molar-refractivity contribution in [2.45, 2.75) is 58.1 Å². The molecule has 1 aromatic heterocycles. The molecule has 1 fully saturated rings. The molecule has 0 aromatic carbocycles. The Balaban J connectivity index is 1.41. The molecule has 0 bridgehead atoms. The van der Waals surface area contributed by atoms with Crippen molar-refractivity contribution in [3.05, 3.63) is 18.7 Å². The van der Waals surface area contributed by atoms with Crippen LogP contribution in [0.5, 0.6) is 0 Å². The van der Waals surface area contributed by atoms with Gasteiger partial charge in [-0.25, -0.2) is 4.98 Å². The van der Waals surface area contributed by atoms with Crippen molar-refractivity contribution < 1.29 is 9.63 Å². The Labute approximate surface area is 155 Å². The smallest absolute Gasteiger partial charge is 0.269 e. The largest absolute Gasteiger partial charge is 0.387 e. The molecule has 0 aliphatic carbocycles. The van der Waals surface area contributed by atoms with E-state index in [0.717, 1.165) is 45.4 Å². The van der Waals surface area contributed by atoms with Gasteiger partial charge in [0.2, 0.25) is 0 Å². The van der Waals surface area contributed by atoms with Crippen LogP contribution in [0.2, 0.25) is 0 Å². The van der Waals surface area contributed by atoms with Gasteiger partial charge in [-0.05, 0) is 44.7 Å². The lowest BCUT2D eigenvalue weighted by Crippen LogP contribution is -2.49. The van der Waals surface area contributed by atoms with Crippen LogP contribution >= 0.6 is 0 Å². The minimum Gasteiger partial charge on any atom is -0.387 e. The number of amides is 1. The third-order valence-corrected chi connectivity index (χ3v) is 5.18. The minimum absolute atomic E-state index is 0.0909. The fourth-order valence-corrected chi connectivity index (χ4v) is 3.67. The first kappa shape index (κ1) is 18.9. The number of rotatable bonds is 8. The molecular weight excluding hydrogens is 330 g/mol. The summed E-state index contributed by atoms with van der Waals surface area (Å²) in [6.45, 7) is 9.07. The highest BCUT2D eigenvalue weighted by atomic mass is 16.7. The van der Waals surface area contributed by atoms with Crippen LogP contribution in [-0.4, -0.2) is 57.8 Å². The number of nitrogens with zero attached hydrogens (tertiary/aromatic N) is 4. The molecule has 1 spiro atoms. The van der Waals surface area contributed by atoms with Crippen molar-refractivity contribution in [3.63, 3.8) is 0 Å². The summed E-state index contributed by atoms with van der Waals surface area (Å²) in [4.78, 5) is 24.6. The lowest BCUT2D eigenvalue weighted by atomic mass is 9.87. The molecule has 1 amide bonds. The number of aromatic nitrogens is 2. The second-order valence-electron chi connectivity index (χ2n) is 7.96. The lowest BCUT2D eigenvalue weighted by Gasteiger charge is -2.38. The normalized spacial score (nSPS) is 23.3. The average Bonchev–Trinajstić information content (AvgIpc) is 3.27. The number of carbonyl (C=O) groups is 1. The first-order valence-electron chi connectivity index (χ1n) is 9.78. The number of imidazole rings is 1. The molecular formula is C19H31N5O2. The van der Waals surface area contributed by atoms with Gasteiger partial charge in [-0.2, -0.15) is 0 Å². The quantitative estimate of drug-likeness (QED) is 0.719. The summed E-state index contributed by atoms with van der Waals surface area (Å²) >= 11 is 0. The molecule has 0 saturated carbocycles. The second-order valence-corrected chi connectivity index (χ2v) is 7.96. The summed E-state index contributed by atoms with van der Waals surface area (Å²) in [6, 6.07) is 0. The van der Waals surface area contributed by atoms with Gasteiger partial charge in [-0.3, -0.25) is 9.69 Å². The Morgan fingerprint density at radius 1 is 1.42 bits per heavy atom. The molecule has 26 heavy (non-hydrogen) atoms. The van der Waals surface area contributed by atoms with Crippen molar-refractivity contribution in [1.82, 2.24) is 19.8 Å². The van der Waals surface area contributed by atoms with Crippen LogP contribution in [0.15, 0.2) is 23.9 Å². The second kappa shape index (κ2) is 8.66. The van der Waals surface area contributed by atoms with Gasteiger partial charge in [0.25, 0.3) is 5.91 Å². The number of aryl methyl sites for hydroxylation is 1. The fraction of sp³-hybridized carbons (Fsp3) is 0.737. The molecule has 1 N–H and O–H groups in total. The van der Waals surface area contributed by atoms with E-state index in [1.807, 2.05) is 10.8 Å². The molecule has 7 heteroatoms. The monoisotopic (exact) mass is 361 g/mol. The summed E-state index contributed by atoms with van der Waals surface area (Å²) in [6.07, 6.45) is 10.2. The number of carbonyl (C=O) groups excluding carboxylic acids is 1. The van der Waals surface area contributed by atoms with E-state index in [1.54, 1.807) is 12.5 Å². The molecule has 1 atom stereocenters. The van der Waals surface area contributed by atoms with Crippen LogP contribution in [0.1, 0.15) is 46.0 Å². The van der Waals surface area contributed by atoms with Crippen LogP contribution in [0, 0.1) is 5.92 Å². The summed E-state index contributed by atoms with van der Waals surface area (Å²) in [5.74, 6) is 0.615. The minimum atomic E-state index is -0.293. The van der Waals surface area contributed by atoms with Crippen molar-refractivity contribution in [3.8, 4) is 0 Å². The van der Waals surface area contributed by atoms with Crippen LogP contribution < -0.4 is 5.32 Å². The maximum absolute atomic E-state index is 12.4. The first-order valence-corrected chi connectivity index (χ1v) is 9.78. The molecule has 3 heterocycles. The number of likely N-dealkylation sites (tertiary alicyclic amines) is 1. The zero-order valence-electron chi connectivity index (χ0n) is 16.0. The van der Waals surface area contributed by atoms with Gasteiger partial charge in [-0.15, -0.1) is 0 Å². The Kier molecular flexibility index (Phi) is 6.29. The van der Waals surface area contributed by atoms with Crippen molar-refractivity contribution >= 4 is 11.6 Å². The van der Waals surface area contributed by atoms with Crippen molar-refractivity contribution in [1.29, 1.82) is 0 Å². The standard InChI is InChI=1S/C19H31N5O2/c1-16(2)5-11-23-9-3-6-19(14-23)13-17(22-26-19)18(25)21-7-4-10-24-12-8-20-15-24/h8,12,15-16H,3-7,9-11,13-14H2,1-2H3,(H,21,25). The summed E-state index contributed by atoms with van der Waals surface area (Å²) in [5, 5.41) is 7.10. The SMILES string of the molecule is CC(C)CCN1CCCC2(CC(C(=O)NCCCn3ccnc3)=NO2)C1. The van der Waals surface area contributed by atoms with E-state index >= 15 is 0 Å². The molecule has 7 nitrogen and oxygen atoms in total. The Bertz CT molecular complexity index is 613. The maximum Gasteiger partial charge on any atom is 0.269 e. The molecule has 2 aliphatic heterocycles. The third kappa shape index (κ3) is 5.06. The fourth-order valence-electron chi connectivity index (χ4n) is 3.67. The van der Waals surface area contributed by atoms with Gasteiger partial charge >= 0.3 is 0 Å². The van der Waals surface area contributed by atoms with Crippen LogP contribution in [0.4, 0.5) is 0 Å². The Morgan fingerprint density at radius 3 is 3.08 bits per heavy atom. The highest BCUT2D eigenvalue weighted by Crippen LogP contribution is 2.33. The van der Waals surface area contributed by atoms with Crippen LogP contribution in [0.25, 0.3) is 0 Å². The number of oxime groups is 1. The predicted molar refractivity (Wildman–Crippen MR) is 101 cm³/mol. The molecule has 3 rings (SSSR count). The number of piperidine rings is 1. The topological polar surface area (TPSA) is 71.8 Å². The number of hydrogen-bond acceptors (Lipinski definition) is 5. The van der Waals surface area contributed by atoms with Crippen LogP contribution in [0.3, 0.4) is 0 Å². The van der Waals surface area contributed by atoms with E-state index in [9.17, 15) is 4.79 Å². The Hall–Kier alpha value is -1.89. The Morgan fingerprint density at radius 2 is 2.31 bits per heavy atom. The number of nitrogens with one attached hydrogen (secondary N) is 1. The molecule has 144 valence electrons. The van der Waals surface area contributed by atoms with Gasteiger partial charge in [-0.1, -0.05) is 19.0 Å². The van der Waals surface area contributed by atoms with E-state index in [2.05, 4.69) is 34.2 Å². The molecule has 0 radical (unpaired) electrons. The zero-order valence-corrected chi connectivity index (χ0v) is 16.0.